The van der Waals surface area contributed by atoms with E-state index in [4.69, 9.17) is 5.11 Å². The van der Waals surface area contributed by atoms with Crippen LogP contribution in [0.2, 0.25) is 0 Å². The van der Waals surface area contributed by atoms with Crippen molar-refractivity contribution in [1.82, 2.24) is 0 Å². The molecule has 1 atom stereocenters. The molecule has 0 saturated heterocycles. The monoisotopic (exact) mass is 180 g/mol. The van der Waals surface area contributed by atoms with Gasteiger partial charge in [-0.2, -0.15) is 0 Å². The molecule has 0 aliphatic rings. The Labute approximate surface area is 77.2 Å². The topological polar surface area (TPSA) is 64.9 Å². The van der Waals surface area contributed by atoms with Gasteiger partial charge in [-0.05, 0) is 24.1 Å². The van der Waals surface area contributed by atoms with Crippen LogP contribution in [0, 0.1) is 5.92 Å². The predicted molar refractivity (Wildman–Crippen MR) is 49.5 cm³/mol. The fraction of sp³-hybridized carbons (Fsp3) is 0.300. The molecule has 3 heteroatoms. The predicted octanol–water partition coefficient (Wildman–Crippen LogP) is 0.823. The molecule has 3 nitrogen and oxygen atoms in total. The number of carbonyl (C=O) groups is 1. The second-order valence-electron chi connectivity index (χ2n) is 3.26. The van der Waals surface area contributed by atoms with Crippen molar-refractivity contribution in [3.8, 4) is 0 Å². The summed E-state index contributed by atoms with van der Waals surface area (Å²) in [4.78, 5) is 10.6. The molecule has 0 radical (unpaired) electrons. The summed E-state index contributed by atoms with van der Waals surface area (Å²) in [6.45, 7) is 1.71. The molecule has 13 heavy (non-hydrogen) atoms. The maximum absolute atomic E-state index is 10.6. The van der Waals surface area contributed by atoms with Crippen molar-refractivity contribution < 1.29 is 15.6 Å². The number of carboxylic acid groups (broad SMARTS) is 1. The van der Waals surface area contributed by atoms with Crippen LogP contribution < -0.4 is 5.73 Å². The van der Waals surface area contributed by atoms with Crippen molar-refractivity contribution in [2.24, 2.45) is 5.92 Å². The molecule has 0 amide bonds. The third-order valence-corrected chi connectivity index (χ3v) is 1.99. The van der Waals surface area contributed by atoms with Crippen LogP contribution in [0.15, 0.2) is 24.3 Å². The van der Waals surface area contributed by atoms with Gasteiger partial charge in [0.25, 0.3) is 0 Å². The van der Waals surface area contributed by atoms with E-state index in [1.54, 1.807) is 6.92 Å². The van der Waals surface area contributed by atoms with Gasteiger partial charge in [0.1, 0.15) is 5.69 Å². The van der Waals surface area contributed by atoms with Gasteiger partial charge in [0.15, 0.2) is 0 Å². The maximum atomic E-state index is 10.6. The van der Waals surface area contributed by atoms with Gasteiger partial charge in [-0.3, -0.25) is 4.79 Å². The number of hydrogen-bond acceptors (Lipinski definition) is 1. The number of aliphatic carboxylic acids is 1. The fourth-order valence-electron chi connectivity index (χ4n) is 1.12. The minimum Gasteiger partial charge on any atom is -0.481 e. The Morgan fingerprint density at radius 2 is 2.00 bits per heavy atom. The van der Waals surface area contributed by atoms with Crippen LogP contribution in [0.4, 0.5) is 5.69 Å². The zero-order valence-electron chi connectivity index (χ0n) is 7.66. The summed E-state index contributed by atoms with van der Waals surface area (Å²) >= 11 is 0. The smallest absolute Gasteiger partial charge is 0.306 e. The van der Waals surface area contributed by atoms with E-state index >= 15 is 0 Å². The van der Waals surface area contributed by atoms with Crippen LogP contribution in [0.3, 0.4) is 0 Å². The molecule has 0 bridgehead atoms. The lowest BCUT2D eigenvalue weighted by molar-refractivity contribution is -0.254. The van der Waals surface area contributed by atoms with Gasteiger partial charge in [-0.25, -0.2) is 0 Å². The van der Waals surface area contributed by atoms with Crippen LogP contribution in [-0.4, -0.2) is 11.1 Å². The summed E-state index contributed by atoms with van der Waals surface area (Å²) in [6.07, 6.45) is 0.579. The number of hydrogen-bond donors (Lipinski definition) is 2. The Morgan fingerprint density at radius 1 is 1.46 bits per heavy atom. The van der Waals surface area contributed by atoms with E-state index in [2.05, 4.69) is 5.73 Å². The van der Waals surface area contributed by atoms with Crippen molar-refractivity contribution in [2.45, 2.75) is 13.3 Å². The molecule has 0 spiro atoms. The van der Waals surface area contributed by atoms with Crippen LogP contribution in [0.1, 0.15) is 12.5 Å². The third-order valence-electron chi connectivity index (χ3n) is 1.99. The van der Waals surface area contributed by atoms with Gasteiger partial charge >= 0.3 is 5.97 Å². The Bertz CT molecular complexity index is 292. The summed E-state index contributed by atoms with van der Waals surface area (Å²) in [5, 5.41) is 8.69. The molecule has 0 aliphatic heterocycles. The highest BCUT2D eigenvalue weighted by molar-refractivity contribution is 5.69. The summed E-state index contributed by atoms with van der Waals surface area (Å²) in [6, 6.07) is 7.62. The lowest BCUT2D eigenvalue weighted by Crippen LogP contribution is -2.39. The van der Waals surface area contributed by atoms with Gasteiger partial charge in [-0.1, -0.05) is 19.1 Å². The zero-order chi connectivity index (χ0) is 9.84. The maximum Gasteiger partial charge on any atom is 0.306 e. The first-order chi connectivity index (χ1) is 6.09. The van der Waals surface area contributed by atoms with Gasteiger partial charge in [0, 0.05) is 0 Å². The minimum absolute atomic E-state index is 0.323. The Kier molecular flexibility index (Phi) is 3.03. The largest absolute Gasteiger partial charge is 0.481 e. The first kappa shape index (κ1) is 9.74. The van der Waals surface area contributed by atoms with Crippen molar-refractivity contribution in [3.63, 3.8) is 0 Å². The summed E-state index contributed by atoms with van der Waals surface area (Å²) in [5.74, 6) is -1.07. The molecule has 1 aromatic carbocycles. The minimum atomic E-state index is -0.751. The van der Waals surface area contributed by atoms with E-state index in [0.29, 0.717) is 6.42 Å². The second-order valence-corrected chi connectivity index (χ2v) is 3.26. The Balaban J connectivity index is 2.64. The molecule has 0 fully saturated rings. The highest BCUT2D eigenvalue weighted by Crippen LogP contribution is 2.10. The van der Waals surface area contributed by atoms with Gasteiger partial charge in [-0.15, -0.1) is 0 Å². The molecule has 0 aromatic heterocycles. The van der Waals surface area contributed by atoms with E-state index in [0.717, 1.165) is 11.3 Å². The first-order valence-corrected chi connectivity index (χ1v) is 4.23. The summed E-state index contributed by atoms with van der Waals surface area (Å²) in [5.41, 5.74) is 5.75. The highest BCUT2D eigenvalue weighted by Gasteiger charge is 2.10. The van der Waals surface area contributed by atoms with Gasteiger partial charge in [0.2, 0.25) is 0 Å². The van der Waals surface area contributed by atoms with Crippen molar-refractivity contribution in [3.05, 3.63) is 29.8 Å². The molecule has 70 valence electrons. The Morgan fingerprint density at radius 3 is 2.46 bits per heavy atom. The van der Waals surface area contributed by atoms with E-state index in [1.807, 2.05) is 24.3 Å². The van der Waals surface area contributed by atoms with Crippen molar-refractivity contribution in [2.75, 3.05) is 0 Å². The summed E-state index contributed by atoms with van der Waals surface area (Å²) < 4.78 is 0. The second kappa shape index (κ2) is 4.05. The highest BCUT2D eigenvalue weighted by atomic mass is 16.4. The van der Waals surface area contributed by atoms with Crippen molar-refractivity contribution in [1.29, 1.82) is 0 Å². The van der Waals surface area contributed by atoms with Crippen LogP contribution in [0.25, 0.3) is 0 Å². The Hall–Kier alpha value is -1.35. The molecule has 0 saturated carbocycles. The van der Waals surface area contributed by atoms with E-state index in [-0.39, 0.29) is 5.92 Å². The van der Waals surface area contributed by atoms with Crippen molar-refractivity contribution >= 4 is 11.7 Å². The third kappa shape index (κ3) is 2.87. The molecular formula is C10H14NO2+. The standard InChI is InChI=1S/C10H13NO2/c1-7(10(12)13)6-8-2-4-9(11)5-3-8/h2-5,7H,6,11H2,1H3,(H,12,13)/p+1. The van der Waals surface area contributed by atoms with E-state index in [9.17, 15) is 4.79 Å². The van der Waals surface area contributed by atoms with Gasteiger partial charge < -0.3 is 10.8 Å². The molecular weight excluding hydrogens is 166 g/mol. The lowest BCUT2D eigenvalue weighted by Gasteiger charge is -2.05. The number of carboxylic acids is 1. The van der Waals surface area contributed by atoms with E-state index < -0.39 is 5.97 Å². The fourth-order valence-corrected chi connectivity index (χ4v) is 1.12. The van der Waals surface area contributed by atoms with Gasteiger partial charge in [0.05, 0.1) is 5.92 Å². The zero-order valence-corrected chi connectivity index (χ0v) is 7.66. The molecule has 1 rings (SSSR count). The molecule has 0 aliphatic carbocycles. The van der Waals surface area contributed by atoms with E-state index in [1.165, 1.54) is 0 Å². The first-order valence-electron chi connectivity index (χ1n) is 4.23. The lowest BCUT2D eigenvalue weighted by atomic mass is 10.0. The average molecular weight is 180 g/mol. The molecule has 0 heterocycles. The number of benzene rings is 1. The van der Waals surface area contributed by atoms with Crippen LogP contribution in [-0.2, 0) is 11.2 Å². The molecule has 1 aromatic rings. The summed E-state index contributed by atoms with van der Waals surface area (Å²) in [7, 11) is 0. The normalized spacial score (nSPS) is 12.5. The van der Waals surface area contributed by atoms with Crippen LogP contribution >= 0.6 is 0 Å². The molecule has 1 unspecified atom stereocenters. The number of rotatable bonds is 3. The SMILES string of the molecule is CC(Cc1ccc([NH3+])cc1)C(=O)O. The quantitative estimate of drug-likeness (QED) is 0.723. The van der Waals surface area contributed by atoms with Crippen LogP contribution in [0.5, 0.6) is 0 Å². The average Bonchev–Trinajstić information content (AvgIpc) is 2.08. The molecule has 4 N–H and O–H groups in total. The number of quaternary nitrogens is 1.